The van der Waals surface area contributed by atoms with Crippen molar-refractivity contribution in [3.8, 4) is 0 Å². The van der Waals surface area contributed by atoms with Gasteiger partial charge in [0, 0.05) is 0 Å². The molecule has 8 heavy (non-hydrogen) atoms. The van der Waals surface area contributed by atoms with E-state index in [0.717, 1.165) is 0 Å². The summed E-state index contributed by atoms with van der Waals surface area (Å²) in [5.41, 5.74) is 0. The van der Waals surface area contributed by atoms with Crippen LogP contribution in [0, 0.1) is 7.11 Å². The van der Waals surface area contributed by atoms with Crippen LogP contribution in [0.4, 0.5) is 13.2 Å². The zero-order valence-corrected chi connectivity index (χ0v) is 4.33. The summed E-state index contributed by atoms with van der Waals surface area (Å²) in [6.45, 7) is 0.700. The van der Waals surface area contributed by atoms with E-state index in [-0.39, 0.29) is 0 Å². The molecule has 0 heterocycles. The first-order valence-corrected chi connectivity index (χ1v) is 1.96. The van der Waals surface area contributed by atoms with Crippen molar-refractivity contribution in [2.45, 2.75) is 19.2 Å². The van der Waals surface area contributed by atoms with Gasteiger partial charge in [0.05, 0.1) is 7.11 Å². The minimum absolute atomic E-state index is 0.700. The highest BCUT2D eigenvalue weighted by molar-refractivity contribution is 4.59. The molecule has 0 aliphatic heterocycles. The van der Waals surface area contributed by atoms with E-state index in [1.54, 1.807) is 0 Å². The molecule has 0 aromatic heterocycles. The first-order valence-electron chi connectivity index (χ1n) is 1.96. The summed E-state index contributed by atoms with van der Waals surface area (Å²) < 4.78 is 38.0. The Morgan fingerprint density at radius 2 is 2.00 bits per heavy atom. The van der Waals surface area contributed by atoms with Gasteiger partial charge >= 0.3 is 6.11 Å². The SMILES string of the molecule is [CH2]OC(F)(F)C(C)F. The van der Waals surface area contributed by atoms with E-state index in [1.807, 2.05) is 0 Å². The van der Waals surface area contributed by atoms with Crippen LogP contribution in [-0.2, 0) is 4.74 Å². The van der Waals surface area contributed by atoms with Gasteiger partial charge < -0.3 is 4.74 Å². The zero-order valence-electron chi connectivity index (χ0n) is 4.33. The van der Waals surface area contributed by atoms with Crippen LogP contribution in [-0.4, -0.2) is 12.3 Å². The third-order valence-electron chi connectivity index (χ3n) is 0.656. The Morgan fingerprint density at radius 1 is 1.62 bits per heavy atom. The molecule has 0 aromatic carbocycles. The number of ether oxygens (including phenoxy) is 1. The van der Waals surface area contributed by atoms with Crippen molar-refractivity contribution in [3.05, 3.63) is 7.11 Å². The Hall–Kier alpha value is -0.250. The van der Waals surface area contributed by atoms with Crippen molar-refractivity contribution in [2.24, 2.45) is 0 Å². The summed E-state index contributed by atoms with van der Waals surface area (Å²) in [6, 6.07) is 0. The fourth-order valence-corrected chi connectivity index (χ4v) is 0.115. The quantitative estimate of drug-likeness (QED) is 0.549. The lowest BCUT2D eigenvalue weighted by Crippen LogP contribution is -2.28. The summed E-state index contributed by atoms with van der Waals surface area (Å²) in [6.07, 6.45) is -6.04. The zero-order chi connectivity index (χ0) is 6.78. The fourth-order valence-electron chi connectivity index (χ4n) is 0.115. The molecular weight excluding hydrogens is 121 g/mol. The summed E-state index contributed by atoms with van der Waals surface area (Å²) in [7, 11) is 2.39. The minimum atomic E-state index is -3.74. The van der Waals surface area contributed by atoms with E-state index in [1.165, 1.54) is 0 Å². The van der Waals surface area contributed by atoms with E-state index in [0.29, 0.717) is 6.92 Å². The van der Waals surface area contributed by atoms with Crippen LogP contribution in [0.5, 0.6) is 0 Å². The van der Waals surface area contributed by atoms with Crippen molar-refractivity contribution >= 4 is 0 Å². The number of rotatable bonds is 2. The molecule has 1 radical (unpaired) electrons. The third kappa shape index (κ3) is 1.69. The summed E-state index contributed by atoms with van der Waals surface area (Å²) in [4.78, 5) is 0. The molecule has 1 atom stereocenters. The van der Waals surface area contributed by atoms with E-state index < -0.39 is 12.3 Å². The van der Waals surface area contributed by atoms with Gasteiger partial charge in [-0.2, -0.15) is 8.78 Å². The predicted octanol–water partition coefficient (Wildman–Crippen LogP) is 1.75. The lowest BCUT2D eigenvalue weighted by molar-refractivity contribution is -0.242. The Kier molecular flexibility index (Phi) is 2.27. The molecule has 0 saturated carbocycles. The molecule has 49 valence electrons. The van der Waals surface area contributed by atoms with E-state index in [2.05, 4.69) is 11.8 Å². The van der Waals surface area contributed by atoms with Crippen molar-refractivity contribution in [3.63, 3.8) is 0 Å². The predicted molar refractivity (Wildman–Crippen MR) is 22.0 cm³/mol. The van der Waals surface area contributed by atoms with Gasteiger partial charge in [-0.3, -0.25) is 0 Å². The smallest absolute Gasteiger partial charge is 0.316 e. The Morgan fingerprint density at radius 3 is 2.00 bits per heavy atom. The van der Waals surface area contributed by atoms with Crippen LogP contribution in [0.25, 0.3) is 0 Å². The normalized spacial score (nSPS) is 16.1. The molecule has 0 N–H and O–H groups in total. The standard InChI is InChI=1S/C4H6F3O/c1-3(5)4(6,7)8-2/h3H,2H2,1H3. The second kappa shape index (κ2) is 2.35. The molecule has 1 nitrogen and oxygen atoms in total. The van der Waals surface area contributed by atoms with Gasteiger partial charge in [0.2, 0.25) is 0 Å². The molecule has 0 fully saturated rings. The highest BCUT2D eigenvalue weighted by atomic mass is 19.3. The van der Waals surface area contributed by atoms with Crippen LogP contribution >= 0.6 is 0 Å². The molecule has 0 bridgehead atoms. The van der Waals surface area contributed by atoms with E-state index >= 15 is 0 Å². The van der Waals surface area contributed by atoms with Gasteiger partial charge in [-0.05, 0) is 6.92 Å². The second-order valence-electron chi connectivity index (χ2n) is 1.32. The minimum Gasteiger partial charge on any atom is -0.316 e. The van der Waals surface area contributed by atoms with E-state index in [4.69, 9.17) is 0 Å². The highest BCUT2D eigenvalue weighted by Gasteiger charge is 2.36. The van der Waals surface area contributed by atoms with Gasteiger partial charge in [-0.25, -0.2) is 4.39 Å². The van der Waals surface area contributed by atoms with Gasteiger partial charge in [-0.1, -0.05) is 0 Å². The molecule has 0 saturated heterocycles. The Labute approximate surface area is 45.4 Å². The summed E-state index contributed by atoms with van der Waals surface area (Å²) in [5, 5.41) is 0. The van der Waals surface area contributed by atoms with Crippen molar-refractivity contribution in [2.75, 3.05) is 0 Å². The van der Waals surface area contributed by atoms with Gasteiger partial charge in [-0.15, -0.1) is 0 Å². The first kappa shape index (κ1) is 7.75. The van der Waals surface area contributed by atoms with Gasteiger partial charge in [0.25, 0.3) is 0 Å². The number of halogens is 3. The molecule has 0 rings (SSSR count). The second-order valence-corrected chi connectivity index (χ2v) is 1.32. The fraction of sp³-hybridized carbons (Fsp3) is 0.750. The third-order valence-corrected chi connectivity index (χ3v) is 0.656. The molecule has 1 unspecified atom stereocenters. The molecule has 0 aliphatic carbocycles. The lowest BCUT2D eigenvalue weighted by Gasteiger charge is -2.13. The topological polar surface area (TPSA) is 9.23 Å². The molecule has 0 amide bonds. The average Bonchev–Trinajstić information content (AvgIpc) is 1.67. The lowest BCUT2D eigenvalue weighted by atomic mass is 10.4. The number of hydrogen-bond acceptors (Lipinski definition) is 1. The van der Waals surface area contributed by atoms with Gasteiger partial charge in [0.1, 0.15) is 0 Å². The van der Waals surface area contributed by atoms with Crippen LogP contribution in [0.3, 0.4) is 0 Å². The highest BCUT2D eigenvalue weighted by Crippen LogP contribution is 2.21. The molecule has 0 spiro atoms. The number of alkyl halides is 3. The summed E-state index contributed by atoms with van der Waals surface area (Å²) in [5.74, 6) is 0. The van der Waals surface area contributed by atoms with E-state index in [9.17, 15) is 13.2 Å². The monoisotopic (exact) mass is 127 g/mol. The number of hydrogen-bond donors (Lipinski definition) is 0. The van der Waals surface area contributed by atoms with Crippen LogP contribution in [0.15, 0.2) is 0 Å². The maximum absolute atomic E-state index is 11.6. The Bertz CT molecular complexity index is 71.7. The largest absolute Gasteiger partial charge is 0.386 e. The molecular formula is C4H6F3O. The maximum Gasteiger partial charge on any atom is 0.386 e. The Balaban J connectivity index is 3.71. The summed E-state index contributed by atoms with van der Waals surface area (Å²) >= 11 is 0. The maximum atomic E-state index is 11.6. The van der Waals surface area contributed by atoms with Crippen LogP contribution in [0.2, 0.25) is 0 Å². The van der Waals surface area contributed by atoms with Crippen molar-refractivity contribution in [1.82, 2.24) is 0 Å². The molecule has 0 aliphatic rings. The van der Waals surface area contributed by atoms with Gasteiger partial charge in [0.15, 0.2) is 6.17 Å². The first-order chi connectivity index (χ1) is 3.50. The molecule has 0 aromatic rings. The van der Waals surface area contributed by atoms with Crippen LogP contribution < -0.4 is 0 Å². The average molecular weight is 127 g/mol. The molecule has 4 heteroatoms. The van der Waals surface area contributed by atoms with Crippen molar-refractivity contribution < 1.29 is 17.9 Å². The van der Waals surface area contributed by atoms with Crippen molar-refractivity contribution in [1.29, 1.82) is 0 Å². The van der Waals surface area contributed by atoms with Crippen LogP contribution in [0.1, 0.15) is 6.92 Å².